The van der Waals surface area contributed by atoms with Gasteiger partial charge in [0, 0.05) is 12.0 Å². The maximum Gasteiger partial charge on any atom is 0.251 e. The van der Waals surface area contributed by atoms with Crippen molar-refractivity contribution in [1.29, 1.82) is 5.26 Å². The summed E-state index contributed by atoms with van der Waals surface area (Å²) < 4.78 is 0. The molecule has 0 spiro atoms. The number of nitrogens with one attached hydrogen (secondary N) is 1. The van der Waals surface area contributed by atoms with E-state index >= 15 is 0 Å². The van der Waals surface area contributed by atoms with E-state index < -0.39 is 12.1 Å². The van der Waals surface area contributed by atoms with Gasteiger partial charge in [-0.15, -0.1) is 0 Å². The average molecular weight is 294 g/mol. The maximum atomic E-state index is 12.1. The lowest BCUT2D eigenvalue weighted by Crippen LogP contribution is -2.42. The Morgan fingerprint density at radius 3 is 2.64 bits per heavy atom. The molecule has 0 heterocycles. The van der Waals surface area contributed by atoms with Crippen LogP contribution in [0.4, 0.5) is 0 Å². The first-order valence-corrected chi connectivity index (χ1v) is 7.13. The Kier molecular flexibility index (Phi) is 5.29. The van der Waals surface area contributed by atoms with Gasteiger partial charge in [0.15, 0.2) is 0 Å². The number of aliphatic hydroxyl groups excluding tert-OH is 1. The van der Waals surface area contributed by atoms with Crippen LogP contribution in [0.25, 0.3) is 0 Å². The number of benzene rings is 2. The van der Waals surface area contributed by atoms with E-state index in [0.717, 1.165) is 5.56 Å². The van der Waals surface area contributed by atoms with Gasteiger partial charge in [-0.1, -0.05) is 36.4 Å². The molecule has 0 aliphatic rings. The van der Waals surface area contributed by atoms with E-state index in [2.05, 4.69) is 5.32 Å². The summed E-state index contributed by atoms with van der Waals surface area (Å²) in [5, 5.41) is 21.8. The molecule has 0 saturated heterocycles. The van der Waals surface area contributed by atoms with Crippen molar-refractivity contribution in [2.24, 2.45) is 0 Å². The van der Waals surface area contributed by atoms with Crippen molar-refractivity contribution in [3.63, 3.8) is 0 Å². The molecule has 2 aromatic carbocycles. The average Bonchev–Trinajstić information content (AvgIpc) is 2.55. The molecule has 0 aliphatic carbocycles. The minimum Gasteiger partial charge on any atom is -0.391 e. The fourth-order valence-electron chi connectivity index (χ4n) is 2.15. The minimum atomic E-state index is -0.675. The smallest absolute Gasteiger partial charge is 0.251 e. The molecule has 1 amide bonds. The fourth-order valence-corrected chi connectivity index (χ4v) is 2.15. The summed E-state index contributed by atoms with van der Waals surface area (Å²) in [4.78, 5) is 12.1. The number of nitriles is 1. The topological polar surface area (TPSA) is 73.1 Å². The van der Waals surface area contributed by atoms with Crippen LogP contribution >= 0.6 is 0 Å². The van der Waals surface area contributed by atoms with Gasteiger partial charge in [-0.05, 0) is 30.7 Å². The number of hydrogen-bond donors (Lipinski definition) is 2. The number of carbonyl (C=O) groups is 1. The van der Waals surface area contributed by atoms with Gasteiger partial charge < -0.3 is 10.4 Å². The highest BCUT2D eigenvalue weighted by atomic mass is 16.3. The first-order chi connectivity index (χ1) is 10.6. The van der Waals surface area contributed by atoms with Crippen LogP contribution in [0.5, 0.6) is 0 Å². The molecule has 2 unspecified atom stereocenters. The lowest BCUT2D eigenvalue weighted by atomic mass is 10.0. The molecule has 22 heavy (non-hydrogen) atoms. The zero-order chi connectivity index (χ0) is 15.9. The van der Waals surface area contributed by atoms with Crippen LogP contribution in [-0.2, 0) is 6.42 Å². The molecular weight excluding hydrogens is 276 g/mol. The van der Waals surface area contributed by atoms with Crippen LogP contribution < -0.4 is 5.32 Å². The lowest BCUT2D eigenvalue weighted by molar-refractivity contribution is 0.0852. The summed E-state index contributed by atoms with van der Waals surface area (Å²) in [7, 11) is 0. The van der Waals surface area contributed by atoms with E-state index in [0.29, 0.717) is 17.5 Å². The highest BCUT2D eigenvalue weighted by molar-refractivity contribution is 5.94. The molecule has 2 N–H and O–H groups in total. The van der Waals surface area contributed by atoms with Crippen LogP contribution in [0.3, 0.4) is 0 Å². The van der Waals surface area contributed by atoms with Crippen molar-refractivity contribution in [2.45, 2.75) is 25.5 Å². The Labute approximate surface area is 130 Å². The molecule has 0 radical (unpaired) electrons. The van der Waals surface area contributed by atoms with Crippen LogP contribution in [-0.4, -0.2) is 23.2 Å². The van der Waals surface area contributed by atoms with Crippen LogP contribution in [0.2, 0.25) is 0 Å². The van der Waals surface area contributed by atoms with Gasteiger partial charge in [0.25, 0.3) is 5.91 Å². The van der Waals surface area contributed by atoms with Gasteiger partial charge >= 0.3 is 0 Å². The monoisotopic (exact) mass is 294 g/mol. The molecule has 0 saturated carbocycles. The van der Waals surface area contributed by atoms with Crippen LogP contribution in [0.1, 0.15) is 28.4 Å². The Balaban J connectivity index is 1.97. The standard InChI is InChI=1S/C18H18N2O2/c1-13(17(21)11-14-6-3-2-4-7-14)20-18(22)16-9-5-8-15(10-16)12-19/h2-10,13,17,21H,11H2,1H3,(H,20,22). The molecule has 2 rings (SSSR count). The summed E-state index contributed by atoms with van der Waals surface area (Å²) in [6, 6.07) is 17.7. The number of aliphatic hydroxyl groups is 1. The summed E-state index contributed by atoms with van der Waals surface area (Å²) in [5.74, 6) is -0.295. The normalized spacial score (nSPS) is 13.0. The largest absolute Gasteiger partial charge is 0.391 e. The number of nitrogens with zero attached hydrogens (tertiary/aromatic N) is 1. The molecule has 4 heteroatoms. The second kappa shape index (κ2) is 7.39. The van der Waals surface area contributed by atoms with E-state index in [1.54, 1.807) is 25.1 Å². The number of hydrogen-bond acceptors (Lipinski definition) is 3. The third-order valence-corrected chi connectivity index (χ3v) is 3.48. The van der Waals surface area contributed by atoms with Gasteiger partial charge in [-0.2, -0.15) is 5.26 Å². The minimum absolute atomic E-state index is 0.295. The molecule has 0 aromatic heterocycles. The highest BCUT2D eigenvalue weighted by Crippen LogP contribution is 2.08. The van der Waals surface area contributed by atoms with Gasteiger partial charge in [0.2, 0.25) is 0 Å². The first kappa shape index (κ1) is 15.7. The number of rotatable bonds is 5. The van der Waals surface area contributed by atoms with Crippen molar-refractivity contribution in [1.82, 2.24) is 5.32 Å². The quantitative estimate of drug-likeness (QED) is 0.888. The molecule has 2 aromatic rings. The van der Waals surface area contributed by atoms with E-state index in [-0.39, 0.29) is 5.91 Å². The van der Waals surface area contributed by atoms with E-state index in [1.165, 1.54) is 6.07 Å². The Hall–Kier alpha value is -2.64. The molecule has 2 atom stereocenters. The van der Waals surface area contributed by atoms with Crippen molar-refractivity contribution in [3.05, 3.63) is 71.3 Å². The van der Waals surface area contributed by atoms with Crippen molar-refractivity contribution in [2.75, 3.05) is 0 Å². The molecule has 0 aliphatic heterocycles. The predicted octanol–water partition coefficient (Wildman–Crippen LogP) is 2.28. The Bertz CT molecular complexity index is 677. The van der Waals surface area contributed by atoms with Crippen LogP contribution in [0.15, 0.2) is 54.6 Å². The Morgan fingerprint density at radius 2 is 1.95 bits per heavy atom. The summed E-state index contributed by atoms with van der Waals surface area (Å²) >= 11 is 0. The molecule has 4 nitrogen and oxygen atoms in total. The third-order valence-electron chi connectivity index (χ3n) is 3.48. The second-order valence-electron chi connectivity index (χ2n) is 5.21. The highest BCUT2D eigenvalue weighted by Gasteiger charge is 2.18. The fraction of sp³-hybridized carbons (Fsp3) is 0.222. The van der Waals surface area contributed by atoms with Crippen molar-refractivity contribution >= 4 is 5.91 Å². The van der Waals surface area contributed by atoms with E-state index in [1.807, 2.05) is 36.4 Å². The predicted molar refractivity (Wildman–Crippen MR) is 84.2 cm³/mol. The number of amides is 1. The summed E-state index contributed by atoms with van der Waals surface area (Å²) in [6.45, 7) is 1.76. The van der Waals surface area contributed by atoms with Gasteiger partial charge in [0.05, 0.1) is 23.8 Å². The van der Waals surface area contributed by atoms with Gasteiger partial charge in [-0.25, -0.2) is 0 Å². The SMILES string of the molecule is CC(NC(=O)c1cccc(C#N)c1)C(O)Cc1ccccc1. The van der Waals surface area contributed by atoms with Crippen LogP contribution in [0, 0.1) is 11.3 Å². The third kappa shape index (κ3) is 4.18. The Morgan fingerprint density at radius 1 is 1.23 bits per heavy atom. The molecule has 0 fully saturated rings. The lowest BCUT2D eigenvalue weighted by Gasteiger charge is -2.20. The first-order valence-electron chi connectivity index (χ1n) is 7.13. The summed E-state index contributed by atoms with van der Waals surface area (Å²) in [5.41, 5.74) is 1.87. The zero-order valence-electron chi connectivity index (χ0n) is 12.4. The van der Waals surface area contributed by atoms with Gasteiger partial charge in [-0.3, -0.25) is 4.79 Å². The van der Waals surface area contributed by atoms with Gasteiger partial charge in [0.1, 0.15) is 0 Å². The molecule has 112 valence electrons. The second-order valence-corrected chi connectivity index (χ2v) is 5.21. The van der Waals surface area contributed by atoms with E-state index in [9.17, 15) is 9.90 Å². The van der Waals surface area contributed by atoms with Crippen molar-refractivity contribution in [3.8, 4) is 6.07 Å². The van der Waals surface area contributed by atoms with E-state index in [4.69, 9.17) is 5.26 Å². The summed E-state index contributed by atoms with van der Waals surface area (Å²) in [6.07, 6.45) is -0.203. The number of carbonyl (C=O) groups excluding carboxylic acids is 1. The maximum absolute atomic E-state index is 12.1. The zero-order valence-corrected chi connectivity index (χ0v) is 12.4. The molecular formula is C18H18N2O2. The molecule has 0 bridgehead atoms. The van der Waals surface area contributed by atoms with Crippen molar-refractivity contribution < 1.29 is 9.90 Å².